The largest absolute Gasteiger partial charge is 0.493 e. The van der Waals surface area contributed by atoms with Crippen molar-refractivity contribution in [3.8, 4) is 11.5 Å². The van der Waals surface area contributed by atoms with Crippen LogP contribution in [0.15, 0.2) is 18.2 Å². The zero-order chi connectivity index (χ0) is 12.6. The second-order valence-corrected chi connectivity index (χ2v) is 6.15. The minimum Gasteiger partial charge on any atom is -0.493 e. The first-order valence-corrected chi connectivity index (χ1v) is 7.52. The maximum absolute atomic E-state index is 10.1. The fourth-order valence-electron chi connectivity index (χ4n) is 2.25. The molecule has 1 saturated heterocycles. The number of rotatable bonds is 4. The summed E-state index contributed by atoms with van der Waals surface area (Å²) in [5.74, 6) is 3.72. The van der Waals surface area contributed by atoms with Crippen LogP contribution in [0.1, 0.15) is 24.8 Å². The normalized spacial score (nSPS) is 24.9. The van der Waals surface area contributed by atoms with Crippen LogP contribution in [-0.4, -0.2) is 29.8 Å². The Hall–Kier alpha value is -0.870. The van der Waals surface area contributed by atoms with Crippen molar-refractivity contribution in [3.63, 3.8) is 0 Å². The minimum absolute atomic E-state index is 0.271. The molecule has 1 heterocycles. The molecular weight excluding hydrogens is 248 g/mol. The number of ether oxygens (including phenoxy) is 2. The van der Waals surface area contributed by atoms with Gasteiger partial charge >= 0.3 is 0 Å². The zero-order valence-electron chi connectivity index (χ0n) is 10.5. The molecule has 2 aliphatic rings. The number of aliphatic hydroxyl groups is 1. The molecular formula is C14H18O3S. The SMILES string of the molecule is COc1ccc(C2(O)CC2)cc1OC1CCSC1. The molecule has 0 amide bonds. The first kappa shape index (κ1) is 12.2. The van der Waals surface area contributed by atoms with Crippen LogP contribution in [0.4, 0.5) is 0 Å². The second-order valence-electron chi connectivity index (χ2n) is 5.00. The fraction of sp³-hybridized carbons (Fsp3) is 0.571. The Labute approximate surface area is 111 Å². The molecule has 1 aliphatic heterocycles. The van der Waals surface area contributed by atoms with Gasteiger partial charge in [0.1, 0.15) is 6.10 Å². The van der Waals surface area contributed by atoms with Gasteiger partial charge in [0.2, 0.25) is 0 Å². The lowest BCUT2D eigenvalue weighted by molar-refractivity contribution is 0.150. The van der Waals surface area contributed by atoms with Crippen molar-refractivity contribution in [1.82, 2.24) is 0 Å². The molecule has 1 aromatic carbocycles. The molecule has 1 aliphatic carbocycles. The van der Waals surface area contributed by atoms with E-state index < -0.39 is 5.60 Å². The summed E-state index contributed by atoms with van der Waals surface area (Å²) in [6.07, 6.45) is 3.05. The average Bonchev–Trinajstić information content (AvgIpc) is 2.92. The summed E-state index contributed by atoms with van der Waals surface area (Å²) in [5, 5.41) is 10.1. The van der Waals surface area contributed by atoms with Crippen molar-refractivity contribution in [2.45, 2.75) is 31.0 Å². The Morgan fingerprint density at radius 2 is 2.17 bits per heavy atom. The number of hydrogen-bond acceptors (Lipinski definition) is 4. The predicted molar refractivity (Wildman–Crippen MR) is 72.5 cm³/mol. The Morgan fingerprint density at radius 1 is 1.33 bits per heavy atom. The van der Waals surface area contributed by atoms with Gasteiger partial charge in [-0.1, -0.05) is 6.07 Å². The van der Waals surface area contributed by atoms with Gasteiger partial charge in [0, 0.05) is 5.75 Å². The zero-order valence-corrected chi connectivity index (χ0v) is 11.3. The summed E-state index contributed by atoms with van der Waals surface area (Å²) in [4.78, 5) is 0. The molecule has 3 nitrogen and oxygen atoms in total. The quantitative estimate of drug-likeness (QED) is 0.909. The topological polar surface area (TPSA) is 38.7 Å². The standard InChI is InChI=1S/C14H18O3S/c1-16-12-3-2-10(14(15)5-6-14)8-13(12)17-11-4-7-18-9-11/h2-3,8,11,15H,4-7,9H2,1H3. The van der Waals surface area contributed by atoms with Gasteiger partial charge < -0.3 is 14.6 Å². The Kier molecular flexibility index (Phi) is 3.16. The smallest absolute Gasteiger partial charge is 0.161 e. The summed E-state index contributed by atoms with van der Waals surface area (Å²) in [5.41, 5.74) is 0.332. The summed E-state index contributed by atoms with van der Waals surface area (Å²) in [6.45, 7) is 0. The molecule has 18 heavy (non-hydrogen) atoms. The molecule has 1 aromatic rings. The van der Waals surface area contributed by atoms with Gasteiger partial charge in [-0.15, -0.1) is 0 Å². The first-order chi connectivity index (χ1) is 8.71. The number of hydrogen-bond donors (Lipinski definition) is 1. The van der Waals surface area contributed by atoms with Crippen LogP contribution in [0.2, 0.25) is 0 Å². The van der Waals surface area contributed by atoms with Crippen LogP contribution < -0.4 is 9.47 Å². The van der Waals surface area contributed by atoms with Gasteiger partial charge in [-0.3, -0.25) is 0 Å². The molecule has 0 radical (unpaired) electrons. The molecule has 1 N–H and O–H groups in total. The van der Waals surface area contributed by atoms with Crippen LogP contribution >= 0.6 is 11.8 Å². The maximum Gasteiger partial charge on any atom is 0.161 e. The molecule has 98 valence electrons. The molecule has 0 aromatic heterocycles. The lowest BCUT2D eigenvalue weighted by atomic mass is 10.1. The van der Waals surface area contributed by atoms with Crippen molar-refractivity contribution in [2.24, 2.45) is 0 Å². The molecule has 2 fully saturated rings. The van der Waals surface area contributed by atoms with E-state index in [9.17, 15) is 5.11 Å². The lowest BCUT2D eigenvalue weighted by Gasteiger charge is -2.17. The predicted octanol–water partition coefficient (Wildman–Crippen LogP) is 2.56. The van der Waals surface area contributed by atoms with E-state index in [4.69, 9.17) is 9.47 Å². The van der Waals surface area contributed by atoms with E-state index in [0.717, 1.165) is 47.8 Å². The van der Waals surface area contributed by atoms with Gasteiger partial charge in [0.25, 0.3) is 0 Å². The third-order valence-electron chi connectivity index (χ3n) is 3.61. The van der Waals surface area contributed by atoms with Crippen LogP contribution in [0.5, 0.6) is 11.5 Å². The Balaban J connectivity index is 1.84. The van der Waals surface area contributed by atoms with E-state index in [0.29, 0.717) is 0 Å². The van der Waals surface area contributed by atoms with Crippen molar-refractivity contribution in [3.05, 3.63) is 23.8 Å². The minimum atomic E-state index is -0.616. The van der Waals surface area contributed by atoms with Gasteiger partial charge in [0.15, 0.2) is 11.5 Å². The Morgan fingerprint density at radius 3 is 2.78 bits per heavy atom. The van der Waals surface area contributed by atoms with Crippen molar-refractivity contribution < 1.29 is 14.6 Å². The summed E-state index contributed by atoms with van der Waals surface area (Å²) in [6, 6.07) is 5.76. The third kappa shape index (κ3) is 2.31. The number of methoxy groups -OCH3 is 1. The van der Waals surface area contributed by atoms with E-state index in [1.54, 1.807) is 7.11 Å². The molecule has 0 spiro atoms. The van der Waals surface area contributed by atoms with Crippen LogP contribution in [0.3, 0.4) is 0 Å². The summed E-state index contributed by atoms with van der Waals surface area (Å²) < 4.78 is 11.3. The highest BCUT2D eigenvalue weighted by Crippen LogP contribution is 2.47. The average molecular weight is 266 g/mol. The second kappa shape index (κ2) is 4.67. The maximum atomic E-state index is 10.1. The lowest BCUT2D eigenvalue weighted by Crippen LogP contribution is -2.16. The number of thioether (sulfide) groups is 1. The van der Waals surface area contributed by atoms with Crippen LogP contribution in [-0.2, 0) is 5.60 Å². The summed E-state index contributed by atoms with van der Waals surface area (Å²) in [7, 11) is 1.65. The van der Waals surface area contributed by atoms with E-state index in [1.807, 2.05) is 30.0 Å². The molecule has 1 atom stereocenters. The van der Waals surface area contributed by atoms with Gasteiger partial charge in [0.05, 0.1) is 12.7 Å². The van der Waals surface area contributed by atoms with E-state index in [1.165, 1.54) is 0 Å². The highest BCUT2D eigenvalue weighted by atomic mass is 32.2. The van der Waals surface area contributed by atoms with E-state index in [-0.39, 0.29) is 6.10 Å². The first-order valence-electron chi connectivity index (χ1n) is 6.36. The molecule has 4 heteroatoms. The van der Waals surface area contributed by atoms with Gasteiger partial charge in [-0.05, 0) is 42.7 Å². The van der Waals surface area contributed by atoms with Crippen molar-refractivity contribution >= 4 is 11.8 Å². The highest BCUT2D eigenvalue weighted by molar-refractivity contribution is 7.99. The van der Waals surface area contributed by atoms with Crippen LogP contribution in [0.25, 0.3) is 0 Å². The molecule has 0 bridgehead atoms. The monoisotopic (exact) mass is 266 g/mol. The van der Waals surface area contributed by atoms with E-state index >= 15 is 0 Å². The van der Waals surface area contributed by atoms with Crippen molar-refractivity contribution in [2.75, 3.05) is 18.6 Å². The highest BCUT2D eigenvalue weighted by Gasteiger charge is 2.42. The Bertz CT molecular complexity index is 437. The van der Waals surface area contributed by atoms with Gasteiger partial charge in [-0.25, -0.2) is 0 Å². The fourth-order valence-corrected chi connectivity index (χ4v) is 3.34. The number of benzene rings is 1. The van der Waals surface area contributed by atoms with Crippen LogP contribution in [0, 0.1) is 0 Å². The third-order valence-corrected chi connectivity index (χ3v) is 4.74. The molecule has 1 saturated carbocycles. The van der Waals surface area contributed by atoms with E-state index in [2.05, 4.69) is 0 Å². The molecule has 1 unspecified atom stereocenters. The van der Waals surface area contributed by atoms with Crippen molar-refractivity contribution in [1.29, 1.82) is 0 Å². The molecule has 3 rings (SSSR count). The summed E-state index contributed by atoms with van der Waals surface area (Å²) >= 11 is 1.92. The van der Waals surface area contributed by atoms with Gasteiger partial charge in [-0.2, -0.15) is 11.8 Å².